The molecule has 9 heteroatoms. The minimum atomic E-state index is -3.88. The summed E-state index contributed by atoms with van der Waals surface area (Å²) in [5.74, 6) is -0.516. The van der Waals surface area contributed by atoms with E-state index in [4.69, 9.17) is 21.2 Å². The number of anilines is 1. The lowest BCUT2D eigenvalue weighted by molar-refractivity contribution is 0.0995. The van der Waals surface area contributed by atoms with Crippen LogP contribution in [-0.2, 0) is 10.0 Å². The number of carbonyl (C=O) groups excluding carboxylic acids is 1. The van der Waals surface area contributed by atoms with Crippen molar-refractivity contribution >= 4 is 49.1 Å². The van der Waals surface area contributed by atoms with E-state index in [0.717, 1.165) is 0 Å². The van der Waals surface area contributed by atoms with Crippen LogP contribution in [-0.4, -0.2) is 14.3 Å². The van der Waals surface area contributed by atoms with Crippen molar-refractivity contribution in [1.29, 1.82) is 0 Å². The summed E-state index contributed by atoms with van der Waals surface area (Å²) in [6.07, 6.45) is 0. The van der Waals surface area contributed by atoms with Gasteiger partial charge in [0, 0.05) is 0 Å². The van der Waals surface area contributed by atoms with Gasteiger partial charge < -0.3 is 9.73 Å². The van der Waals surface area contributed by atoms with Gasteiger partial charge in [-0.05, 0) is 46.3 Å². The van der Waals surface area contributed by atoms with Crippen molar-refractivity contribution in [1.82, 2.24) is 0 Å². The Hall–Kier alpha value is -1.35. The number of nitrogens with two attached hydrogens (primary N) is 1. The number of nitrogens with one attached hydrogen (secondary N) is 1. The van der Waals surface area contributed by atoms with Gasteiger partial charge in [0.15, 0.2) is 10.4 Å². The molecular weight excluding hydrogens is 372 g/mol. The van der Waals surface area contributed by atoms with Gasteiger partial charge in [0.2, 0.25) is 10.0 Å². The molecule has 0 saturated carbocycles. The highest BCUT2D eigenvalue weighted by Gasteiger charge is 2.15. The number of halogens is 2. The molecule has 20 heavy (non-hydrogen) atoms. The maximum Gasteiger partial charge on any atom is 0.291 e. The minimum Gasteiger partial charge on any atom is -0.444 e. The first-order valence-corrected chi connectivity index (χ1v) is 7.88. The normalized spacial score (nSPS) is 11.3. The summed E-state index contributed by atoms with van der Waals surface area (Å²) in [5.41, 5.74) is 0.121. The SMILES string of the molecule is NS(=O)(=O)c1ccc(Cl)c(NC(=O)c2ccc(Br)o2)c1. The molecule has 0 aliphatic carbocycles. The van der Waals surface area contributed by atoms with Gasteiger partial charge in [-0.15, -0.1) is 0 Å². The highest BCUT2D eigenvalue weighted by molar-refractivity contribution is 9.10. The molecule has 2 rings (SSSR count). The van der Waals surface area contributed by atoms with E-state index < -0.39 is 15.9 Å². The Morgan fingerprint density at radius 1 is 1.30 bits per heavy atom. The molecule has 1 aromatic heterocycles. The minimum absolute atomic E-state index is 0.0500. The topological polar surface area (TPSA) is 102 Å². The quantitative estimate of drug-likeness (QED) is 0.855. The molecule has 6 nitrogen and oxygen atoms in total. The molecule has 0 aliphatic rings. The van der Waals surface area contributed by atoms with E-state index in [0.29, 0.717) is 4.67 Å². The number of amides is 1. The molecule has 0 fully saturated rings. The van der Waals surface area contributed by atoms with Crippen LogP contribution >= 0.6 is 27.5 Å². The lowest BCUT2D eigenvalue weighted by Gasteiger charge is -2.07. The second-order valence-electron chi connectivity index (χ2n) is 3.74. The van der Waals surface area contributed by atoms with E-state index in [1.165, 1.54) is 24.3 Å². The van der Waals surface area contributed by atoms with Crippen LogP contribution in [0.5, 0.6) is 0 Å². The third-order valence-electron chi connectivity index (χ3n) is 2.31. The fourth-order valence-electron chi connectivity index (χ4n) is 1.40. The van der Waals surface area contributed by atoms with Gasteiger partial charge in [0.1, 0.15) is 0 Å². The maximum absolute atomic E-state index is 11.9. The molecule has 1 aromatic carbocycles. The number of furan rings is 1. The van der Waals surface area contributed by atoms with E-state index >= 15 is 0 Å². The first-order chi connectivity index (χ1) is 9.27. The molecule has 0 spiro atoms. The van der Waals surface area contributed by atoms with Crippen LogP contribution in [0.25, 0.3) is 0 Å². The Labute approximate surface area is 128 Å². The molecule has 2 aromatic rings. The van der Waals surface area contributed by atoms with Crippen molar-refractivity contribution in [2.45, 2.75) is 4.90 Å². The second-order valence-corrected chi connectivity index (χ2v) is 6.49. The third-order valence-corrected chi connectivity index (χ3v) is 3.98. The van der Waals surface area contributed by atoms with Gasteiger partial charge in [-0.3, -0.25) is 4.79 Å². The number of hydrogen-bond acceptors (Lipinski definition) is 4. The zero-order chi connectivity index (χ0) is 14.9. The van der Waals surface area contributed by atoms with Crippen LogP contribution in [0.3, 0.4) is 0 Å². The van der Waals surface area contributed by atoms with Gasteiger partial charge in [0.05, 0.1) is 15.6 Å². The number of hydrogen-bond donors (Lipinski definition) is 2. The van der Waals surface area contributed by atoms with E-state index in [1.54, 1.807) is 6.07 Å². The maximum atomic E-state index is 11.9. The standard InChI is InChI=1S/C11H8BrClN2O4S/c12-10-4-3-9(19-10)11(16)15-8-5-6(20(14,17)18)1-2-7(8)13/h1-5H,(H,15,16)(H2,14,17,18). The zero-order valence-electron chi connectivity index (χ0n) is 9.76. The fourth-order valence-corrected chi connectivity index (χ4v) is 2.41. The molecule has 0 bridgehead atoms. The molecule has 106 valence electrons. The molecule has 0 radical (unpaired) electrons. The molecule has 0 aliphatic heterocycles. The van der Waals surface area contributed by atoms with Crippen LogP contribution in [0.1, 0.15) is 10.6 Å². The summed E-state index contributed by atoms with van der Waals surface area (Å²) in [7, 11) is -3.88. The lowest BCUT2D eigenvalue weighted by Crippen LogP contribution is -2.14. The molecule has 0 atom stereocenters. The average Bonchev–Trinajstić information content (AvgIpc) is 2.77. The summed E-state index contributed by atoms with van der Waals surface area (Å²) in [6, 6.07) is 6.76. The second kappa shape index (κ2) is 5.57. The van der Waals surface area contributed by atoms with Crippen molar-refractivity contribution in [2.24, 2.45) is 5.14 Å². The third kappa shape index (κ3) is 3.40. The highest BCUT2D eigenvalue weighted by Crippen LogP contribution is 2.25. The van der Waals surface area contributed by atoms with Crippen molar-refractivity contribution in [2.75, 3.05) is 5.32 Å². The predicted molar refractivity (Wildman–Crippen MR) is 77.2 cm³/mol. The summed E-state index contributed by atoms with van der Waals surface area (Å²) in [4.78, 5) is 11.7. The molecular formula is C11H8BrClN2O4S. The van der Waals surface area contributed by atoms with Gasteiger partial charge in [-0.1, -0.05) is 11.6 Å². The van der Waals surface area contributed by atoms with E-state index in [9.17, 15) is 13.2 Å². The van der Waals surface area contributed by atoms with Crippen molar-refractivity contribution in [3.05, 3.63) is 45.8 Å². The van der Waals surface area contributed by atoms with Gasteiger partial charge in [-0.2, -0.15) is 0 Å². The summed E-state index contributed by atoms with van der Waals surface area (Å²) < 4.78 is 28.0. The fraction of sp³-hybridized carbons (Fsp3) is 0. The number of sulfonamides is 1. The largest absolute Gasteiger partial charge is 0.444 e. The van der Waals surface area contributed by atoms with Gasteiger partial charge in [0.25, 0.3) is 5.91 Å². The highest BCUT2D eigenvalue weighted by atomic mass is 79.9. The van der Waals surface area contributed by atoms with Crippen molar-refractivity contribution in [3.63, 3.8) is 0 Å². The van der Waals surface area contributed by atoms with Crippen LogP contribution in [0.4, 0.5) is 5.69 Å². The number of carbonyl (C=O) groups is 1. The first-order valence-electron chi connectivity index (χ1n) is 5.16. The Kier molecular flexibility index (Phi) is 4.19. The lowest BCUT2D eigenvalue weighted by atomic mass is 10.3. The van der Waals surface area contributed by atoms with E-state index in [1.807, 2.05) is 0 Å². The van der Waals surface area contributed by atoms with Crippen LogP contribution in [0, 0.1) is 0 Å². The van der Waals surface area contributed by atoms with Crippen LogP contribution in [0.2, 0.25) is 5.02 Å². The molecule has 3 N–H and O–H groups in total. The summed E-state index contributed by atoms with van der Waals surface area (Å²) >= 11 is 8.96. The predicted octanol–water partition coefficient (Wildman–Crippen LogP) is 2.60. The first kappa shape index (κ1) is 15.0. The van der Waals surface area contributed by atoms with E-state index in [-0.39, 0.29) is 21.4 Å². The Morgan fingerprint density at radius 3 is 2.55 bits per heavy atom. The average molecular weight is 380 g/mol. The molecule has 0 unspecified atom stereocenters. The zero-order valence-corrected chi connectivity index (χ0v) is 12.9. The number of rotatable bonds is 3. The number of benzene rings is 1. The monoisotopic (exact) mass is 378 g/mol. The summed E-state index contributed by atoms with van der Waals surface area (Å²) in [5, 5.41) is 7.64. The van der Waals surface area contributed by atoms with Crippen LogP contribution in [0.15, 0.2) is 44.3 Å². The molecule has 0 saturated heterocycles. The Bertz CT molecular complexity index is 772. The van der Waals surface area contributed by atoms with Gasteiger partial charge in [-0.25, -0.2) is 13.6 Å². The Balaban J connectivity index is 2.31. The van der Waals surface area contributed by atoms with Gasteiger partial charge >= 0.3 is 0 Å². The Morgan fingerprint density at radius 2 is 2.00 bits per heavy atom. The van der Waals surface area contributed by atoms with E-state index in [2.05, 4.69) is 21.2 Å². The van der Waals surface area contributed by atoms with Crippen molar-refractivity contribution < 1.29 is 17.6 Å². The molecule has 1 heterocycles. The van der Waals surface area contributed by atoms with Crippen molar-refractivity contribution in [3.8, 4) is 0 Å². The number of primary sulfonamides is 1. The summed E-state index contributed by atoms with van der Waals surface area (Å²) in [6.45, 7) is 0. The van der Waals surface area contributed by atoms with Crippen LogP contribution < -0.4 is 10.5 Å². The smallest absolute Gasteiger partial charge is 0.291 e. The molecule has 1 amide bonds.